The van der Waals surface area contributed by atoms with E-state index in [4.69, 9.17) is 9.73 Å². The summed E-state index contributed by atoms with van der Waals surface area (Å²) < 4.78 is 19.0. The molecule has 0 radical (unpaired) electrons. The average molecular weight is 381 g/mol. The van der Waals surface area contributed by atoms with Crippen LogP contribution in [0.3, 0.4) is 0 Å². The molecule has 7 heteroatoms. The molecule has 2 unspecified atom stereocenters. The van der Waals surface area contributed by atoms with Gasteiger partial charge in [-0.05, 0) is 24.3 Å². The van der Waals surface area contributed by atoms with Crippen LogP contribution in [0, 0.1) is 5.82 Å². The minimum Gasteiger partial charge on any atom is -0.496 e. The zero-order valence-corrected chi connectivity index (χ0v) is 16.0. The molecule has 1 aromatic carbocycles. The van der Waals surface area contributed by atoms with Crippen LogP contribution in [0.2, 0.25) is 0 Å². The molecule has 2 aliphatic rings. The van der Waals surface area contributed by atoms with Crippen molar-refractivity contribution in [2.75, 3.05) is 33.8 Å². The van der Waals surface area contributed by atoms with E-state index in [1.165, 1.54) is 12.1 Å². The van der Waals surface area contributed by atoms with Crippen molar-refractivity contribution < 1.29 is 9.13 Å². The van der Waals surface area contributed by atoms with Gasteiger partial charge in [-0.1, -0.05) is 6.07 Å². The number of hydrogen-bond donors (Lipinski definition) is 1. The van der Waals surface area contributed by atoms with Crippen LogP contribution in [0.4, 0.5) is 4.39 Å². The van der Waals surface area contributed by atoms with Crippen LogP contribution in [0.15, 0.2) is 60.0 Å². The fourth-order valence-corrected chi connectivity index (χ4v) is 3.72. The number of aliphatic imine (C=N–C) groups is 1. The highest BCUT2D eigenvalue weighted by atomic mass is 19.1. The first-order valence-electron chi connectivity index (χ1n) is 9.35. The standard InChI is InChI=1S/C21H24FN5O/c1-26-11-7-18(15-5-8-23-9-6-15)25-21(26)27-12-10-24-19(14-27)17-4-3-16(22)13-20(17)28-2/h3-9,11,13,19,21,24H,10,12,14H2,1-2H3. The third-order valence-electron chi connectivity index (χ3n) is 5.17. The lowest BCUT2D eigenvalue weighted by atomic mass is 10.0. The van der Waals surface area contributed by atoms with E-state index in [2.05, 4.69) is 26.3 Å². The van der Waals surface area contributed by atoms with Gasteiger partial charge in [0.25, 0.3) is 0 Å². The van der Waals surface area contributed by atoms with Crippen LogP contribution in [0.25, 0.3) is 0 Å². The lowest BCUT2D eigenvalue weighted by Gasteiger charge is -2.41. The maximum Gasteiger partial charge on any atom is 0.178 e. The largest absolute Gasteiger partial charge is 0.496 e. The molecule has 0 saturated carbocycles. The third-order valence-corrected chi connectivity index (χ3v) is 5.17. The second-order valence-electron chi connectivity index (χ2n) is 6.97. The molecular weight excluding hydrogens is 357 g/mol. The zero-order valence-electron chi connectivity index (χ0n) is 16.0. The van der Waals surface area contributed by atoms with E-state index in [1.54, 1.807) is 25.6 Å². The Kier molecular flexibility index (Phi) is 5.36. The van der Waals surface area contributed by atoms with Crippen molar-refractivity contribution in [2.45, 2.75) is 12.3 Å². The van der Waals surface area contributed by atoms with E-state index in [-0.39, 0.29) is 18.1 Å². The van der Waals surface area contributed by atoms with E-state index in [1.807, 2.05) is 25.3 Å². The van der Waals surface area contributed by atoms with Gasteiger partial charge in [0, 0.05) is 68.5 Å². The second-order valence-corrected chi connectivity index (χ2v) is 6.97. The first-order chi connectivity index (χ1) is 13.7. The van der Waals surface area contributed by atoms with Crippen LogP contribution in [0.1, 0.15) is 17.2 Å². The number of allylic oxidation sites excluding steroid dienone is 1. The van der Waals surface area contributed by atoms with Crippen molar-refractivity contribution in [1.82, 2.24) is 20.1 Å². The van der Waals surface area contributed by atoms with Crippen molar-refractivity contribution in [1.29, 1.82) is 0 Å². The number of piperazine rings is 1. The van der Waals surface area contributed by atoms with Crippen LogP contribution in [-0.2, 0) is 0 Å². The fourth-order valence-electron chi connectivity index (χ4n) is 3.72. The van der Waals surface area contributed by atoms with Crippen molar-refractivity contribution in [3.05, 3.63) is 71.9 Å². The smallest absolute Gasteiger partial charge is 0.178 e. The molecule has 0 amide bonds. The Labute approximate surface area is 164 Å². The van der Waals surface area contributed by atoms with Crippen LogP contribution < -0.4 is 10.1 Å². The Morgan fingerprint density at radius 2 is 2.04 bits per heavy atom. The van der Waals surface area contributed by atoms with Crippen molar-refractivity contribution in [2.24, 2.45) is 4.99 Å². The van der Waals surface area contributed by atoms with Crippen molar-refractivity contribution >= 4 is 5.71 Å². The molecule has 1 saturated heterocycles. The van der Waals surface area contributed by atoms with Gasteiger partial charge in [0.15, 0.2) is 6.29 Å². The molecule has 1 fully saturated rings. The molecule has 146 valence electrons. The van der Waals surface area contributed by atoms with Gasteiger partial charge in [0.1, 0.15) is 11.6 Å². The summed E-state index contributed by atoms with van der Waals surface area (Å²) in [6.45, 7) is 2.44. The Hall–Kier alpha value is -2.77. The highest BCUT2D eigenvalue weighted by Gasteiger charge is 2.30. The molecule has 1 aromatic heterocycles. The van der Waals surface area contributed by atoms with Crippen LogP contribution >= 0.6 is 0 Å². The Morgan fingerprint density at radius 3 is 2.82 bits per heavy atom. The summed E-state index contributed by atoms with van der Waals surface area (Å²) in [5.41, 5.74) is 2.96. The van der Waals surface area contributed by atoms with Gasteiger partial charge in [-0.3, -0.25) is 9.88 Å². The van der Waals surface area contributed by atoms with Gasteiger partial charge in [-0.25, -0.2) is 9.38 Å². The molecule has 28 heavy (non-hydrogen) atoms. The Balaban J connectivity index is 1.57. The summed E-state index contributed by atoms with van der Waals surface area (Å²) in [5.74, 6) is 0.272. The van der Waals surface area contributed by atoms with Gasteiger partial charge in [-0.15, -0.1) is 0 Å². The SMILES string of the molecule is COc1cc(F)ccc1C1CN(C2N=C(c3ccncc3)C=CN2C)CCN1. The summed E-state index contributed by atoms with van der Waals surface area (Å²) in [5, 5.41) is 3.52. The van der Waals surface area contributed by atoms with E-state index in [0.29, 0.717) is 5.75 Å². The summed E-state index contributed by atoms with van der Waals surface area (Å²) in [6, 6.07) is 8.69. The Bertz CT molecular complexity index is 886. The molecule has 0 aliphatic carbocycles. The third kappa shape index (κ3) is 3.76. The molecule has 2 atom stereocenters. The topological polar surface area (TPSA) is 53.0 Å². The van der Waals surface area contributed by atoms with Crippen molar-refractivity contribution in [3.63, 3.8) is 0 Å². The molecule has 3 heterocycles. The molecule has 2 aliphatic heterocycles. The summed E-state index contributed by atoms with van der Waals surface area (Å²) in [6.07, 6.45) is 7.54. The molecular formula is C21H24FN5O. The van der Waals surface area contributed by atoms with E-state index >= 15 is 0 Å². The maximum absolute atomic E-state index is 13.6. The highest BCUT2D eigenvalue weighted by molar-refractivity contribution is 6.08. The Morgan fingerprint density at radius 1 is 1.21 bits per heavy atom. The molecule has 1 N–H and O–H groups in total. The lowest BCUT2D eigenvalue weighted by Crippen LogP contribution is -2.54. The molecule has 2 aromatic rings. The number of aromatic nitrogens is 1. The summed E-state index contributed by atoms with van der Waals surface area (Å²) in [7, 11) is 3.60. The number of hydrogen-bond acceptors (Lipinski definition) is 6. The van der Waals surface area contributed by atoms with Gasteiger partial charge < -0.3 is 15.0 Å². The number of ether oxygens (including phenoxy) is 1. The number of benzene rings is 1. The van der Waals surface area contributed by atoms with Crippen LogP contribution in [-0.4, -0.2) is 60.6 Å². The summed E-state index contributed by atoms with van der Waals surface area (Å²) in [4.78, 5) is 13.5. The zero-order chi connectivity index (χ0) is 19.5. The van der Waals surface area contributed by atoms with Gasteiger partial charge in [-0.2, -0.15) is 0 Å². The average Bonchev–Trinajstić information content (AvgIpc) is 2.74. The number of pyridine rings is 1. The monoisotopic (exact) mass is 381 g/mol. The molecule has 0 spiro atoms. The molecule has 6 nitrogen and oxygen atoms in total. The number of rotatable bonds is 4. The maximum atomic E-state index is 13.6. The van der Waals surface area contributed by atoms with E-state index in [0.717, 1.165) is 36.5 Å². The number of nitrogens with one attached hydrogen (secondary N) is 1. The first-order valence-corrected chi connectivity index (χ1v) is 9.35. The fraction of sp³-hybridized carbons (Fsp3) is 0.333. The van der Waals surface area contributed by atoms with Gasteiger partial charge >= 0.3 is 0 Å². The lowest BCUT2D eigenvalue weighted by molar-refractivity contribution is 0.0679. The second kappa shape index (κ2) is 8.08. The number of nitrogens with zero attached hydrogens (tertiary/aromatic N) is 4. The quantitative estimate of drug-likeness (QED) is 0.882. The minimum absolute atomic E-state index is 0.0446. The normalized spacial score (nSPS) is 22.8. The van der Waals surface area contributed by atoms with E-state index < -0.39 is 0 Å². The van der Waals surface area contributed by atoms with Gasteiger partial charge in [0.05, 0.1) is 12.8 Å². The minimum atomic E-state index is -0.294. The molecule has 4 rings (SSSR count). The van der Waals surface area contributed by atoms with Crippen LogP contribution in [0.5, 0.6) is 5.75 Å². The number of halogens is 1. The molecule has 0 bridgehead atoms. The van der Waals surface area contributed by atoms with E-state index in [9.17, 15) is 4.39 Å². The predicted octanol–water partition coefficient (Wildman–Crippen LogP) is 2.41. The first kappa shape index (κ1) is 18.6. The number of methoxy groups -OCH3 is 1. The van der Waals surface area contributed by atoms with Crippen molar-refractivity contribution in [3.8, 4) is 5.75 Å². The highest BCUT2D eigenvalue weighted by Crippen LogP contribution is 2.29. The summed E-state index contributed by atoms with van der Waals surface area (Å²) >= 11 is 0. The van der Waals surface area contributed by atoms with Gasteiger partial charge in [0.2, 0.25) is 0 Å². The predicted molar refractivity (Wildman–Crippen MR) is 107 cm³/mol.